The molecule has 1 aromatic heterocycles. The number of benzene rings is 3. The SMILES string of the molecule is CC1(C)CCN(c2ccc(O)c(Oc3ccc(NC(=O)C4(c5ccc(-c6cn[nH]c6)cc5)CCNCC4)cc3)c2)CC1. The number of carbonyl (C=O) groups excluding carboxylic acids is 1. The third-order valence-corrected chi connectivity index (χ3v) is 8.93. The van der Waals surface area contributed by atoms with Crippen LogP contribution in [0.2, 0.25) is 0 Å². The molecule has 2 aliphatic rings. The molecule has 3 heterocycles. The number of rotatable bonds is 7. The lowest BCUT2D eigenvalue weighted by molar-refractivity contribution is -0.122. The second-order valence-electron chi connectivity index (χ2n) is 12.3. The number of phenols is 1. The quantitative estimate of drug-likeness (QED) is 0.205. The van der Waals surface area contributed by atoms with E-state index in [0.717, 1.165) is 74.2 Å². The smallest absolute Gasteiger partial charge is 0.235 e. The van der Waals surface area contributed by atoms with Crippen molar-refractivity contribution in [2.45, 2.75) is 44.9 Å². The summed E-state index contributed by atoms with van der Waals surface area (Å²) >= 11 is 0. The highest BCUT2D eigenvalue weighted by molar-refractivity contribution is 5.99. The topological polar surface area (TPSA) is 103 Å². The first kappa shape index (κ1) is 27.8. The Morgan fingerprint density at radius 1 is 0.929 bits per heavy atom. The number of H-pyrrole nitrogens is 1. The monoisotopic (exact) mass is 565 g/mol. The lowest BCUT2D eigenvalue weighted by atomic mass is 9.72. The Morgan fingerprint density at radius 2 is 1.64 bits per heavy atom. The summed E-state index contributed by atoms with van der Waals surface area (Å²) in [7, 11) is 0. The van der Waals surface area contributed by atoms with Gasteiger partial charge < -0.3 is 25.4 Å². The van der Waals surface area contributed by atoms with Crippen molar-refractivity contribution in [2.24, 2.45) is 5.41 Å². The maximum atomic E-state index is 13.8. The summed E-state index contributed by atoms with van der Waals surface area (Å²) < 4.78 is 6.08. The van der Waals surface area contributed by atoms with E-state index in [1.165, 1.54) is 0 Å². The van der Waals surface area contributed by atoms with Gasteiger partial charge in [0.1, 0.15) is 5.75 Å². The lowest BCUT2D eigenvalue weighted by Gasteiger charge is -2.38. The van der Waals surface area contributed by atoms with Crippen LogP contribution in [0.3, 0.4) is 0 Å². The Hall–Kier alpha value is -4.30. The van der Waals surface area contributed by atoms with Crippen LogP contribution in [0, 0.1) is 5.41 Å². The number of amides is 1. The van der Waals surface area contributed by atoms with E-state index in [0.29, 0.717) is 22.6 Å². The molecule has 0 bridgehead atoms. The third-order valence-electron chi connectivity index (χ3n) is 8.93. The average Bonchev–Trinajstić information content (AvgIpc) is 3.55. The Kier molecular flexibility index (Phi) is 7.64. The van der Waals surface area contributed by atoms with E-state index in [2.05, 4.69) is 63.8 Å². The predicted molar refractivity (Wildman–Crippen MR) is 166 cm³/mol. The Bertz CT molecular complexity index is 1500. The molecule has 0 unspecified atom stereocenters. The maximum absolute atomic E-state index is 13.8. The highest BCUT2D eigenvalue weighted by Crippen LogP contribution is 2.39. The van der Waals surface area contributed by atoms with Crippen molar-refractivity contribution in [2.75, 3.05) is 36.4 Å². The molecule has 0 saturated carbocycles. The number of nitrogens with zero attached hydrogens (tertiary/aromatic N) is 2. The molecule has 2 saturated heterocycles. The number of aromatic nitrogens is 2. The molecule has 0 atom stereocenters. The standard InChI is InChI=1S/C34H39N5O3/c1-33(2)15-19-39(20-16-33)28-9-12-30(40)31(21-28)42-29-10-7-27(8-11-29)38-32(41)34(13-17-35-18-14-34)26-5-3-24(4-6-26)25-22-36-37-23-25/h3-12,21-23,35,40H,13-20H2,1-2H3,(H,36,37)(H,38,41). The van der Waals surface area contributed by atoms with Crippen LogP contribution in [-0.2, 0) is 10.2 Å². The molecule has 2 fully saturated rings. The van der Waals surface area contributed by atoms with Crippen LogP contribution >= 0.6 is 0 Å². The van der Waals surface area contributed by atoms with E-state index in [9.17, 15) is 9.90 Å². The number of phenolic OH excluding ortho intramolecular Hbond substituents is 1. The van der Waals surface area contributed by atoms with E-state index < -0.39 is 5.41 Å². The summed E-state index contributed by atoms with van der Waals surface area (Å²) in [5.41, 5.74) is 4.59. The molecular formula is C34H39N5O3. The molecule has 0 spiro atoms. The molecule has 8 heteroatoms. The van der Waals surface area contributed by atoms with Crippen LogP contribution in [0.4, 0.5) is 11.4 Å². The van der Waals surface area contributed by atoms with Crippen LogP contribution in [0.5, 0.6) is 17.2 Å². The molecule has 0 radical (unpaired) electrons. The summed E-state index contributed by atoms with van der Waals surface area (Å²) in [6.45, 7) is 8.15. The van der Waals surface area contributed by atoms with Gasteiger partial charge in [-0.05, 0) is 91.7 Å². The van der Waals surface area contributed by atoms with Crippen molar-refractivity contribution in [3.05, 3.63) is 84.7 Å². The summed E-state index contributed by atoms with van der Waals surface area (Å²) in [5.74, 6) is 1.09. The van der Waals surface area contributed by atoms with Crippen LogP contribution in [0.1, 0.15) is 45.1 Å². The van der Waals surface area contributed by atoms with Gasteiger partial charge >= 0.3 is 0 Å². The number of piperidine rings is 2. The minimum absolute atomic E-state index is 0.0104. The molecule has 218 valence electrons. The fraction of sp³-hybridized carbons (Fsp3) is 0.353. The lowest BCUT2D eigenvalue weighted by Crippen LogP contribution is -2.48. The number of hydrogen-bond acceptors (Lipinski definition) is 6. The first-order chi connectivity index (χ1) is 20.3. The van der Waals surface area contributed by atoms with Crippen LogP contribution in [-0.4, -0.2) is 47.4 Å². The molecule has 3 aromatic carbocycles. The number of hydrogen-bond donors (Lipinski definition) is 4. The Labute approximate surface area is 247 Å². The number of aromatic hydroxyl groups is 1. The normalized spacial score (nSPS) is 17.9. The molecule has 4 aromatic rings. The molecule has 1 amide bonds. The number of carbonyl (C=O) groups is 1. The van der Waals surface area contributed by atoms with Crippen molar-refractivity contribution in [1.82, 2.24) is 15.5 Å². The third kappa shape index (κ3) is 5.85. The van der Waals surface area contributed by atoms with Gasteiger partial charge in [0.2, 0.25) is 5.91 Å². The van der Waals surface area contributed by atoms with Crippen molar-refractivity contribution in [1.29, 1.82) is 0 Å². The summed E-state index contributed by atoms with van der Waals surface area (Å²) in [5, 5.41) is 23.9. The average molecular weight is 566 g/mol. The van der Waals surface area contributed by atoms with E-state index >= 15 is 0 Å². The summed E-state index contributed by atoms with van der Waals surface area (Å²) in [6.07, 6.45) is 7.35. The van der Waals surface area contributed by atoms with Crippen molar-refractivity contribution in [3.8, 4) is 28.4 Å². The first-order valence-electron chi connectivity index (χ1n) is 14.8. The molecular weight excluding hydrogens is 526 g/mol. The van der Waals surface area contributed by atoms with Gasteiger partial charge in [-0.2, -0.15) is 5.10 Å². The second-order valence-corrected chi connectivity index (χ2v) is 12.3. The first-order valence-corrected chi connectivity index (χ1v) is 14.8. The number of ether oxygens (including phenoxy) is 1. The predicted octanol–water partition coefficient (Wildman–Crippen LogP) is 6.46. The van der Waals surface area contributed by atoms with Gasteiger partial charge in [-0.25, -0.2) is 0 Å². The van der Waals surface area contributed by atoms with Crippen molar-refractivity contribution in [3.63, 3.8) is 0 Å². The van der Waals surface area contributed by atoms with Gasteiger partial charge in [0.25, 0.3) is 0 Å². The van der Waals surface area contributed by atoms with Gasteiger partial charge in [-0.15, -0.1) is 0 Å². The molecule has 42 heavy (non-hydrogen) atoms. The molecule has 2 aliphatic heterocycles. The number of nitrogens with one attached hydrogen (secondary N) is 3. The zero-order valence-corrected chi connectivity index (χ0v) is 24.3. The van der Waals surface area contributed by atoms with E-state index in [1.807, 2.05) is 42.6 Å². The second kappa shape index (κ2) is 11.5. The van der Waals surface area contributed by atoms with E-state index in [1.54, 1.807) is 12.3 Å². The van der Waals surface area contributed by atoms with Crippen LogP contribution in [0.15, 0.2) is 79.1 Å². The minimum Gasteiger partial charge on any atom is -0.504 e. The molecule has 4 N–H and O–H groups in total. The number of aromatic amines is 1. The van der Waals surface area contributed by atoms with Crippen LogP contribution in [0.25, 0.3) is 11.1 Å². The van der Waals surface area contributed by atoms with E-state index in [-0.39, 0.29) is 11.7 Å². The van der Waals surface area contributed by atoms with Gasteiger partial charge in [0.05, 0.1) is 11.6 Å². The minimum atomic E-state index is -0.620. The van der Waals surface area contributed by atoms with Crippen LogP contribution < -0.4 is 20.3 Å². The molecule has 0 aliphatic carbocycles. The number of anilines is 2. The highest BCUT2D eigenvalue weighted by atomic mass is 16.5. The van der Waals surface area contributed by atoms with E-state index in [4.69, 9.17) is 4.74 Å². The van der Waals surface area contributed by atoms with Crippen molar-refractivity contribution < 1.29 is 14.6 Å². The fourth-order valence-corrected chi connectivity index (χ4v) is 6.03. The molecule has 6 rings (SSSR count). The van der Waals surface area contributed by atoms with Gasteiger partial charge in [-0.3, -0.25) is 9.89 Å². The van der Waals surface area contributed by atoms with Gasteiger partial charge in [0.15, 0.2) is 11.5 Å². The molecule has 8 nitrogen and oxygen atoms in total. The zero-order valence-electron chi connectivity index (χ0n) is 24.3. The largest absolute Gasteiger partial charge is 0.504 e. The Balaban J connectivity index is 1.15. The summed E-state index contributed by atoms with van der Waals surface area (Å²) in [4.78, 5) is 16.2. The van der Waals surface area contributed by atoms with Crippen molar-refractivity contribution >= 4 is 17.3 Å². The highest BCUT2D eigenvalue weighted by Gasteiger charge is 2.41. The Morgan fingerprint density at radius 3 is 2.31 bits per heavy atom. The zero-order chi connectivity index (χ0) is 29.2. The van der Waals surface area contributed by atoms with Gasteiger partial charge in [-0.1, -0.05) is 38.1 Å². The summed E-state index contributed by atoms with van der Waals surface area (Å²) in [6, 6.07) is 21.1. The maximum Gasteiger partial charge on any atom is 0.235 e. The van der Waals surface area contributed by atoms with Gasteiger partial charge in [0, 0.05) is 42.3 Å². The fourth-order valence-electron chi connectivity index (χ4n) is 6.03.